The average Bonchev–Trinajstić information content (AvgIpc) is 2.56. The van der Waals surface area contributed by atoms with Crippen molar-refractivity contribution in [3.8, 4) is 0 Å². The lowest BCUT2D eigenvalue weighted by Crippen LogP contribution is -1.76. The fourth-order valence-electron chi connectivity index (χ4n) is 2.55. The van der Waals surface area contributed by atoms with Crippen LogP contribution in [0.2, 0.25) is 0 Å². The van der Waals surface area contributed by atoms with E-state index in [0.29, 0.717) is 0 Å². The van der Waals surface area contributed by atoms with Crippen molar-refractivity contribution in [2.24, 2.45) is 0 Å². The summed E-state index contributed by atoms with van der Waals surface area (Å²) in [6, 6.07) is 20.4. The lowest BCUT2D eigenvalue weighted by molar-refractivity contribution is 0.650. The molecule has 0 fully saturated rings. The maximum Gasteiger partial charge on any atom is 0.148 e. The summed E-state index contributed by atoms with van der Waals surface area (Å²) in [5, 5.41) is 0. The summed E-state index contributed by atoms with van der Waals surface area (Å²) < 4.78 is 16.6. The highest BCUT2D eigenvalue weighted by Crippen LogP contribution is 2.35. The fourth-order valence-corrected chi connectivity index (χ4v) is 4.57. The van der Waals surface area contributed by atoms with E-state index in [4.69, 9.17) is 8.83 Å². The smallest absolute Gasteiger partial charge is 0.148 e. The van der Waals surface area contributed by atoms with Crippen LogP contribution < -0.4 is 0 Å². The molecule has 2 aromatic heterocycles. The zero-order valence-corrected chi connectivity index (χ0v) is 13.0. The summed E-state index contributed by atoms with van der Waals surface area (Å²) in [5.74, 6) is 0. The van der Waals surface area contributed by atoms with Gasteiger partial charge in [-0.15, -0.1) is 22.7 Å². The Kier molecular flexibility index (Phi) is 2.56. The summed E-state index contributed by atoms with van der Waals surface area (Å²) in [7, 11) is 0. The molecular weight excluding hydrogens is 312 g/mol. The van der Waals surface area contributed by atoms with Crippen LogP contribution in [0.1, 0.15) is 0 Å². The van der Waals surface area contributed by atoms with Gasteiger partial charge in [0, 0.05) is 6.07 Å². The first-order valence-corrected chi connectivity index (χ1v) is 8.58. The summed E-state index contributed by atoms with van der Waals surface area (Å²) in [5.41, 5.74) is 3.54. The van der Waals surface area contributed by atoms with Gasteiger partial charge in [-0.1, -0.05) is 24.3 Å². The molecule has 0 bridgehead atoms. The van der Waals surface area contributed by atoms with E-state index in [-0.39, 0.29) is 0 Å². The molecule has 0 amide bonds. The van der Waals surface area contributed by atoms with Crippen molar-refractivity contribution in [1.82, 2.24) is 0 Å². The van der Waals surface area contributed by atoms with Gasteiger partial charge in [0.25, 0.3) is 0 Å². The molecule has 0 saturated carbocycles. The Labute approximate surface area is 133 Å². The molecule has 0 spiro atoms. The highest BCUT2D eigenvalue weighted by atomic mass is 32.1. The van der Waals surface area contributed by atoms with E-state index >= 15 is 0 Å². The quantitative estimate of drug-likeness (QED) is 0.295. The summed E-state index contributed by atoms with van der Waals surface area (Å²) in [6.07, 6.45) is 0. The Morgan fingerprint density at radius 3 is 1.55 bits per heavy atom. The topological polar surface area (TPSA) is 26.3 Å². The lowest BCUT2D eigenvalue weighted by Gasteiger charge is -2.04. The Bertz CT molecular complexity index is 1000. The molecule has 4 heteroatoms. The van der Waals surface area contributed by atoms with Crippen molar-refractivity contribution in [3.05, 3.63) is 60.7 Å². The monoisotopic (exact) mass is 322 g/mol. The number of hydrogen-bond acceptors (Lipinski definition) is 4. The van der Waals surface area contributed by atoms with Gasteiger partial charge >= 0.3 is 0 Å². The van der Waals surface area contributed by atoms with Crippen molar-refractivity contribution in [1.29, 1.82) is 0 Å². The zero-order chi connectivity index (χ0) is 14.5. The van der Waals surface area contributed by atoms with E-state index < -0.39 is 0 Å². The van der Waals surface area contributed by atoms with Crippen LogP contribution in [0.5, 0.6) is 0 Å². The van der Waals surface area contributed by atoms with E-state index in [9.17, 15) is 0 Å². The predicted molar refractivity (Wildman–Crippen MR) is 94.4 cm³/mol. The van der Waals surface area contributed by atoms with Gasteiger partial charge < -0.3 is 8.83 Å². The zero-order valence-electron chi connectivity index (χ0n) is 11.4. The standard InChI is InChI=1S/C18H10O2S2/c1-3-7-15-11(5-1)19-13-9-14-18(10-17(13)21-15)22-16-8-4-2-6-12(16)20-14/h1-10H. The van der Waals surface area contributed by atoms with Crippen LogP contribution in [-0.2, 0) is 0 Å². The van der Waals surface area contributed by atoms with Gasteiger partial charge in [-0.3, -0.25) is 0 Å². The van der Waals surface area contributed by atoms with E-state index in [1.807, 2.05) is 42.5 Å². The second kappa shape index (κ2) is 4.60. The molecule has 0 radical (unpaired) electrons. The number of fused-ring (bicyclic) bond motifs is 4. The molecule has 0 atom stereocenters. The first kappa shape index (κ1) is 12.3. The van der Waals surface area contributed by atoms with E-state index in [0.717, 1.165) is 41.1 Å². The third-order valence-corrected chi connectivity index (χ3v) is 5.78. The Morgan fingerprint density at radius 2 is 1.00 bits per heavy atom. The summed E-state index contributed by atoms with van der Waals surface area (Å²) in [4.78, 5) is 0. The summed E-state index contributed by atoms with van der Waals surface area (Å²) >= 11 is 3.49. The van der Waals surface area contributed by atoms with Gasteiger partial charge in [-0.25, -0.2) is 0 Å². The normalized spacial score (nSPS) is 11.6. The van der Waals surface area contributed by atoms with Crippen LogP contribution in [0.4, 0.5) is 0 Å². The average molecular weight is 322 g/mol. The van der Waals surface area contributed by atoms with Crippen LogP contribution in [0, 0.1) is 0 Å². The molecule has 0 aliphatic carbocycles. The van der Waals surface area contributed by atoms with Gasteiger partial charge in [-0.2, -0.15) is 0 Å². The molecule has 3 aromatic carbocycles. The third-order valence-electron chi connectivity index (χ3n) is 3.59. The first-order valence-electron chi connectivity index (χ1n) is 6.94. The molecule has 5 aromatic rings. The number of benzene rings is 3. The van der Waals surface area contributed by atoms with Gasteiger partial charge in [0.15, 0.2) is 0 Å². The van der Waals surface area contributed by atoms with Crippen LogP contribution >= 0.6 is 22.7 Å². The van der Waals surface area contributed by atoms with Crippen molar-refractivity contribution in [2.45, 2.75) is 0 Å². The van der Waals surface area contributed by atoms with E-state index in [2.05, 4.69) is 18.2 Å². The third kappa shape index (κ3) is 1.85. The highest BCUT2D eigenvalue weighted by molar-refractivity contribution is 7.26. The molecule has 0 aliphatic heterocycles. The number of para-hydroxylation sites is 2. The maximum absolute atomic E-state index is 6.02. The van der Waals surface area contributed by atoms with Crippen molar-refractivity contribution in [3.63, 3.8) is 0 Å². The second-order valence-electron chi connectivity index (χ2n) is 5.05. The Hall–Kier alpha value is -2.30. The van der Waals surface area contributed by atoms with Gasteiger partial charge in [0.05, 0.1) is 18.8 Å². The molecule has 2 heterocycles. The minimum atomic E-state index is 0.863. The van der Waals surface area contributed by atoms with E-state index in [1.54, 1.807) is 22.7 Å². The van der Waals surface area contributed by atoms with Gasteiger partial charge in [0.1, 0.15) is 22.3 Å². The molecule has 0 unspecified atom stereocenters. The SMILES string of the molecule is c1ccc2sc3cc4sc5ccccc5oc4cc3oc2c1. The molecule has 106 valence electrons. The second-order valence-corrected chi connectivity index (χ2v) is 7.21. The van der Waals surface area contributed by atoms with Crippen molar-refractivity contribution < 1.29 is 8.83 Å². The van der Waals surface area contributed by atoms with E-state index in [1.165, 1.54) is 0 Å². The van der Waals surface area contributed by atoms with Crippen LogP contribution in [-0.4, -0.2) is 0 Å². The van der Waals surface area contributed by atoms with Crippen LogP contribution in [0.3, 0.4) is 0 Å². The van der Waals surface area contributed by atoms with Crippen LogP contribution in [0.15, 0.2) is 69.5 Å². The predicted octanol–water partition coefficient (Wildman–Crippen LogP) is 6.73. The molecular formula is C18H10O2S2. The van der Waals surface area contributed by atoms with Gasteiger partial charge in [0.2, 0.25) is 0 Å². The lowest BCUT2D eigenvalue weighted by atomic mass is 10.3. The number of rotatable bonds is 0. The fraction of sp³-hybridized carbons (Fsp3) is 0. The first-order chi connectivity index (χ1) is 10.9. The van der Waals surface area contributed by atoms with Crippen molar-refractivity contribution in [2.75, 3.05) is 0 Å². The molecule has 2 nitrogen and oxygen atoms in total. The molecule has 0 saturated heterocycles. The Balaban J connectivity index is 1.93. The van der Waals surface area contributed by atoms with Crippen molar-refractivity contribution >= 4 is 63.8 Å². The largest absolute Gasteiger partial charge is 0.454 e. The summed E-state index contributed by atoms with van der Waals surface area (Å²) in [6.45, 7) is 0. The van der Waals surface area contributed by atoms with Crippen LogP contribution in [0.25, 0.3) is 41.1 Å². The molecule has 22 heavy (non-hydrogen) atoms. The highest BCUT2D eigenvalue weighted by Gasteiger charge is 2.07. The maximum atomic E-state index is 6.02. The molecule has 0 aliphatic rings. The molecule has 5 rings (SSSR count). The minimum absolute atomic E-state index is 0.863. The number of hydrogen-bond donors (Lipinski definition) is 0. The Morgan fingerprint density at radius 1 is 0.500 bits per heavy atom. The minimum Gasteiger partial charge on any atom is -0.454 e. The molecule has 0 N–H and O–H groups in total. The van der Waals surface area contributed by atoms with Gasteiger partial charge in [-0.05, 0) is 30.3 Å².